The Labute approximate surface area is 200 Å². The number of primary amides is 1. The van der Waals surface area contributed by atoms with Gasteiger partial charge in [-0.3, -0.25) is 10.3 Å². The lowest BCUT2D eigenvalue weighted by molar-refractivity contribution is 0.144. The summed E-state index contributed by atoms with van der Waals surface area (Å²) in [6, 6.07) is 12.3. The van der Waals surface area contributed by atoms with Crippen molar-refractivity contribution in [1.82, 2.24) is 15.3 Å². The van der Waals surface area contributed by atoms with Crippen LogP contribution >= 0.6 is 11.3 Å². The number of nitrogens with zero attached hydrogens (tertiary/aromatic N) is 3. The molecule has 3 amide bonds. The van der Waals surface area contributed by atoms with E-state index >= 15 is 0 Å². The molecule has 1 aliphatic rings. The molecule has 1 aromatic carbocycles. The minimum Gasteiger partial charge on any atom is -0.447 e. The summed E-state index contributed by atoms with van der Waals surface area (Å²) in [6.07, 6.45) is 7.67. The second-order valence-electron chi connectivity index (χ2n) is 7.68. The summed E-state index contributed by atoms with van der Waals surface area (Å²) in [5, 5.41) is 17.0. The van der Waals surface area contributed by atoms with E-state index < -0.39 is 23.6 Å². The quantitative estimate of drug-likeness (QED) is 0.448. The van der Waals surface area contributed by atoms with E-state index in [1.54, 1.807) is 23.7 Å². The third-order valence-corrected chi connectivity index (χ3v) is 6.21. The zero-order valence-corrected chi connectivity index (χ0v) is 18.8. The van der Waals surface area contributed by atoms with Crippen molar-refractivity contribution in [2.24, 2.45) is 5.73 Å². The summed E-state index contributed by atoms with van der Waals surface area (Å²) in [4.78, 5) is 32.3. The fourth-order valence-electron chi connectivity index (χ4n) is 3.56. The molecule has 1 atom stereocenters. The number of thiazole rings is 1. The van der Waals surface area contributed by atoms with Gasteiger partial charge >= 0.3 is 12.1 Å². The smallest absolute Gasteiger partial charge is 0.404 e. The van der Waals surface area contributed by atoms with Gasteiger partial charge in [-0.2, -0.15) is 5.26 Å². The Kier molecular flexibility index (Phi) is 6.44. The molecule has 0 saturated heterocycles. The number of terminal acetylenes is 1. The molecule has 34 heavy (non-hydrogen) atoms. The molecular weight excluding hydrogens is 452 g/mol. The Morgan fingerprint density at radius 3 is 2.68 bits per heavy atom. The van der Waals surface area contributed by atoms with Crippen molar-refractivity contribution >= 4 is 29.3 Å². The first-order valence-corrected chi connectivity index (χ1v) is 11.2. The van der Waals surface area contributed by atoms with E-state index in [-0.39, 0.29) is 6.61 Å². The standard InChI is InChI=1S/C24H20N6O3S/c1-2-20-29-19(13-34-20)30-23(32)28-18(12-33-22(26)31)15-5-7-16(8-6-15)21-17(4-3-11-27-21)24(14-25)9-10-24/h1,3-8,11,13,18H,9-10,12H2,(H2,26,31)(H2,28,30,32)/t18-/m0/s1. The number of rotatable bonds is 7. The van der Waals surface area contributed by atoms with Gasteiger partial charge in [0, 0.05) is 17.1 Å². The van der Waals surface area contributed by atoms with Gasteiger partial charge in [0.25, 0.3) is 0 Å². The summed E-state index contributed by atoms with van der Waals surface area (Å²) in [6.45, 7) is -0.166. The number of amides is 3. The minimum absolute atomic E-state index is 0.166. The molecule has 4 N–H and O–H groups in total. The van der Waals surface area contributed by atoms with Crippen LogP contribution in [0.1, 0.15) is 35.0 Å². The first-order valence-electron chi connectivity index (χ1n) is 10.3. The maximum absolute atomic E-state index is 12.5. The summed E-state index contributed by atoms with van der Waals surface area (Å²) >= 11 is 1.23. The number of benzene rings is 1. The van der Waals surface area contributed by atoms with Crippen molar-refractivity contribution < 1.29 is 14.3 Å². The summed E-state index contributed by atoms with van der Waals surface area (Å²) < 4.78 is 4.94. The van der Waals surface area contributed by atoms with Crippen LogP contribution in [0.5, 0.6) is 0 Å². The van der Waals surface area contributed by atoms with Gasteiger partial charge < -0.3 is 15.8 Å². The Hall–Kier alpha value is -4.41. The number of aromatic nitrogens is 2. The van der Waals surface area contributed by atoms with E-state index in [4.69, 9.17) is 16.9 Å². The molecule has 1 fully saturated rings. The van der Waals surface area contributed by atoms with Crippen LogP contribution in [-0.2, 0) is 10.2 Å². The van der Waals surface area contributed by atoms with E-state index in [9.17, 15) is 14.9 Å². The van der Waals surface area contributed by atoms with E-state index in [1.165, 1.54) is 11.3 Å². The Morgan fingerprint density at radius 1 is 1.29 bits per heavy atom. The van der Waals surface area contributed by atoms with Crippen LogP contribution in [0.25, 0.3) is 11.3 Å². The van der Waals surface area contributed by atoms with Gasteiger partial charge in [-0.1, -0.05) is 30.3 Å². The molecular formula is C24H20N6O3S. The van der Waals surface area contributed by atoms with E-state index in [0.717, 1.165) is 29.7 Å². The number of carbonyl (C=O) groups excluding carboxylic acids is 2. The zero-order chi connectivity index (χ0) is 24.1. The highest BCUT2D eigenvalue weighted by atomic mass is 32.1. The molecule has 2 aromatic heterocycles. The summed E-state index contributed by atoms with van der Waals surface area (Å²) in [7, 11) is 0. The molecule has 0 bridgehead atoms. The Balaban J connectivity index is 1.54. The van der Waals surface area contributed by atoms with Gasteiger partial charge in [0.15, 0.2) is 5.01 Å². The number of hydrogen-bond acceptors (Lipinski definition) is 7. The first-order chi connectivity index (χ1) is 16.4. The largest absolute Gasteiger partial charge is 0.447 e. The predicted molar refractivity (Wildman–Crippen MR) is 127 cm³/mol. The van der Waals surface area contributed by atoms with Gasteiger partial charge in [0.1, 0.15) is 12.4 Å². The number of carbonyl (C=O) groups is 2. The summed E-state index contributed by atoms with van der Waals surface area (Å²) in [5.41, 5.74) is 7.81. The number of ether oxygens (including phenoxy) is 1. The lowest BCUT2D eigenvalue weighted by Gasteiger charge is -2.19. The first kappa shape index (κ1) is 22.8. The number of anilines is 1. The van der Waals surface area contributed by atoms with Gasteiger partial charge in [-0.05, 0) is 36.0 Å². The average molecular weight is 473 g/mol. The van der Waals surface area contributed by atoms with Crippen molar-refractivity contribution in [2.75, 3.05) is 11.9 Å². The molecule has 9 nitrogen and oxygen atoms in total. The number of hydrogen-bond donors (Lipinski definition) is 3. The molecule has 1 saturated carbocycles. The maximum atomic E-state index is 12.5. The minimum atomic E-state index is -0.952. The molecule has 2 heterocycles. The van der Waals surface area contributed by atoms with Crippen molar-refractivity contribution in [3.63, 3.8) is 0 Å². The fourth-order valence-corrected chi connectivity index (χ4v) is 4.11. The number of nitriles is 1. The molecule has 3 aromatic rings. The lowest BCUT2D eigenvalue weighted by Crippen LogP contribution is -2.36. The van der Waals surface area contributed by atoms with Crippen LogP contribution in [-0.4, -0.2) is 28.7 Å². The second-order valence-corrected chi connectivity index (χ2v) is 8.54. The van der Waals surface area contributed by atoms with Gasteiger partial charge in [-0.25, -0.2) is 14.6 Å². The van der Waals surface area contributed by atoms with Crippen molar-refractivity contribution in [3.05, 3.63) is 64.1 Å². The number of pyridine rings is 1. The average Bonchev–Trinajstić information content (AvgIpc) is 3.53. The Bertz CT molecular complexity index is 1300. The van der Waals surface area contributed by atoms with Crippen LogP contribution in [0.15, 0.2) is 48.0 Å². The lowest BCUT2D eigenvalue weighted by atomic mass is 9.92. The predicted octanol–water partition coefficient (Wildman–Crippen LogP) is 3.70. The Morgan fingerprint density at radius 2 is 2.06 bits per heavy atom. The third kappa shape index (κ3) is 4.98. The number of nitrogens with one attached hydrogen (secondary N) is 2. The molecule has 10 heteroatoms. The highest BCUT2D eigenvalue weighted by molar-refractivity contribution is 7.10. The van der Waals surface area contributed by atoms with Gasteiger partial charge in [-0.15, -0.1) is 17.8 Å². The topological polar surface area (TPSA) is 143 Å². The molecule has 0 spiro atoms. The van der Waals surface area contributed by atoms with Crippen LogP contribution in [0, 0.1) is 23.7 Å². The zero-order valence-electron chi connectivity index (χ0n) is 17.9. The van der Waals surface area contributed by atoms with Crippen LogP contribution in [0.2, 0.25) is 0 Å². The van der Waals surface area contributed by atoms with Crippen LogP contribution in [0.4, 0.5) is 15.4 Å². The number of urea groups is 1. The SMILES string of the molecule is C#Cc1nc(NC(=O)N[C@@H](COC(N)=O)c2ccc(-c3ncccc3C3(C#N)CC3)cc2)cs1. The van der Waals surface area contributed by atoms with E-state index in [2.05, 4.69) is 32.6 Å². The summed E-state index contributed by atoms with van der Waals surface area (Å²) in [5.74, 6) is 2.72. The third-order valence-electron chi connectivity index (χ3n) is 5.44. The van der Waals surface area contributed by atoms with Crippen molar-refractivity contribution in [2.45, 2.75) is 24.3 Å². The molecule has 0 unspecified atom stereocenters. The van der Waals surface area contributed by atoms with Crippen molar-refractivity contribution in [3.8, 4) is 29.7 Å². The van der Waals surface area contributed by atoms with Crippen molar-refractivity contribution in [1.29, 1.82) is 5.26 Å². The molecule has 0 radical (unpaired) electrons. The molecule has 4 rings (SSSR count). The van der Waals surface area contributed by atoms with Gasteiger partial charge in [0.2, 0.25) is 0 Å². The highest BCUT2D eigenvalue weighted by Crippen LogP contribution is 2.50. The van der Waals surface area contributed by atoms with Gasteiger partial charge in [0.05, 0.1) is 23.2 Å². The van der Waals surface area contributed by atoms with Crippen LogP contribution < -0.4 is 16.4 Å². The monoisotopic (exact) mass is 472 g/mol. The normalized spacial score (nSPS) is 14.2. The molecule has 170 valence electrons. The second kappa shape index (κ2) is 9.61. The van der Waals surface area contributed by atoms with E-state index in [0.29, 0.717) is 16.4 Å². The van der Waals surface area contributed by atoms with E-state index in [1.807, 2.05) is 24.3 Å². The maximum Gasteiger partial charge on any atom is 0.404 e. The van der Waals surface area contributed by atoms with Crippen LogP contribution in [0.3, 0.4) is 0 Å². The molecule has 0 aliphatic heterocycles. The highest BCUT2D eigenvalue weighted by Gasteiger charge is 2.46. The molecule has 1 aliphatic carbocycles. The fraction of sp³-hybridized carbons (Fsp3) is 0.208. The number of nitrogens with two attached hydrogens (primary N) is 1.